The minimum Gasteiger partial charge on any atom is -0.507 e. The second-order valence-corrected chi connectivity index (χ2v) is 7.82. The topological polar surface area (TPSA) is 77.0 Å². The lowest BCUT2D eigenvalue weighted by Crippen LogP contribution is -2.25. The first kappa shape index (κ1) is 22.1. The van der Waals surface area contributed by atoms with Gasteiger partial charge in [-0.15, -0.1) is 0 Å². The van der Waals surface area contributed by atoms with Crippen molar-refractivity contribution in [1.29, 1.82) is 0 Å². The molecule has 0 aliphatic rings. The fourth-order valence-electron chi connectivity index (χ4n) is 2.74. The molecular formula is C24H23BrN4O2. The van der Waals surface area contributed by atoms with E-state index in [1.165, 1.54) is 0 Å². The third-order valence-corrected chi connectivity index (χ3v) is 4.93. The molecule has 3 rings (SSSR count). The van der Waals surface area contributed by atoms with Crippen LogP contribution in [-0.2, 0) is 0 Å². The molecule has 3 aromatic rings. The maximum atomic E-state index is 12.3. The molecule has 3 aromatic carbocycles. The summed E-state index contributed by atoms with van der Waals surface area (Å²) in [6.45, 7) is 0. The van der Waals surface area contributed by atoms with Crippen LogP contribution in [0.5, 0.6) is 5.75 Å². The number of hydrazone groups is 1. The summed E-state index contributed by atoms with van der Waals surface area (Å²) < 4.78 is 0.919. The fraction of sp³-hybridized carbons (Fsp3) is 0.0833. The van der Waals surface area contributed by atoms with Gasteiger partial charge in [0.05, 0.1) is 5.71 Å². The smallest absolute Gasteiger partial charge is 0.339 e. The Labute approximate surface area is 190 Å². The van der Waals surface area contributed by atoms with Crippen LogP contribution in [-0.4, -0.2) is 30.9 Å². The maximum Gasteiger partial charge on any atom is 0.339 e. The number of nitrogens with one attached hydrogen (secondary N) is 2. The third-order valence-electron chi connectivity index (χ3n) is 4.40. The van der Waals surface area contributed by atoms with Crippen LogP contribution in [0, 0.1) is 0 Å². The first-order valence-corrected chi connectivity index (χ1v) is 10.4. The first-order valence-electron chi connectivity index (χ1n) is 9.56. The highest BCUT2D eigenvalue weighted by molar-refractivity contribution is 9.10. The van der Waals surface area contributed by atoms with Gasteiger partial charge in [0.15, 0.2) is 0 Å². The van der Waals surface area contributed by atoms with Gasteiger partial charge in [0.25, 0.3) is 0 Å². The third kappa shape index (κ3) is 6.45. The van der Waals surface area contributed by atoms with Gasteiger partial charge in [-0.2, -0.15) is 5.10 Å². The predicted octanol–water partition coefficient (Wildman–Crippen LogP) is 5.46. The highest BCUT2D eigenvalue weighted by Gasteiger charge is 2.08. The zero-order valence-corrected chi connectivity index (χ0v) is 18.8. The summed E-state index contributed by atoms with van der Waals surface area (Å²) in [5.41, 5.74) is 6.11. The number of carbonyl (C=O) groups is 1. The molecule has 0 heterocycles. The van der Waals surface area contributed by atoms with Crippen molar-refractivity contribution in [2.45, 2.75) is 0 Å². The number of anilines is 2. The molecule has 7 heteroatoms. The molecule has 0 fully saturated rings. The van der Waals surface area contributed by atoms with Crippen LogP contribution in [0.2, 0.25) is 0 Å². The molecule has 0 bridgehead atoms. The van der Waals surface area contributed by atoms with Gasteiger partial charge < -0.3 is 15.3 Å². The summed E-state index contributed by atoms with van der Waals surface area (Å²) in [5, 5.41) is 17.2. The lowest BCUT2D eigenvalue weighted by molar-refractivity contribution is 0.252. The molecule has 0 saturated carbocycles. The Morgan fingerprint density at radius 3 is 2.32 bits per heavy atom. The largest absolute Gasteiger partial charge is 0.507 e. The zero-order chi connectivity index (χ0) is 22.2. The Bertz CT molecular complexity index is 1090. The highest BCUT2D eigenvalue weighted by atomic mass is 79.9. The van der Waals surface area contributed by atoms with Crippen molar-refractivity contribution in [3.63, 3.8) is 0 Å². The summed E-state index contributed by atoms with van der Waals surface area (Å²) in [5.74, 6) is 0.0731. The van der Waals surface area contributed by atoms with Crippen molar-refractivity contribution < 1.29 is 9.90 Å². The number of halogens is 1. The van der Waals surface area contributed by atoms with E-state index in [0.717, 1.165) is 15.7 Å². The van der Waals surface area contributed by atoms with Gasteiger partial charge in [-0.05, 0) is 60.2 Å². The number of aromatic hydroxyl groups is 1. The van der Waals surface area contributed by atoms with Gasteiger partial charge in [0.2, 0.25) is 0 Å². The van der Waals surface area contributed by atoms with Gasteiger partial charge in [0.1, 0.15) is 5.75 Å². The molecule has 0 unspecified atom stereocenters. The first-order chi connectivity index (χ1) is 14.9. The van der Waals surface area contributed by atoms with E-state index in [4.69, 9.17) is 0 Å². The molecule has 3 N–H and O–H groups in total. The average Bonchev–Trinajstić information content (AvgIpc) is 2.76. The van der Waals surface area contributed by atoms with Crippen molar-refractivity contribution in [2.75, 3.05) is 24.3 Å². The number of allylic oxidation sites excluding steroid dienone is 1. The Morgan fingerprint density at radius 2 is 1.68 bits per heavy atom. The van der Waals surface area contributed by atoms with Gasteiger partial charge in [0, 0.05) is 35.5 Å². The second-order valence-electron chi connectivity index (χ2n) is 6.91. The molecule has 0 saturated heterocycles. The van der Waals surface area contributed by atoms with E-state index in [2.05, 4.69) is 31.8 Å². The normalized spacial score (nSPS) is 11.4. The van der Waals surface area contributed by atoms with Crippen molar-refractivity contribution in [3.05, 3.63) is 94.5 Å². The molecule has 0 atom stereocenters. The maximum absolute atomic E-state index is 12.3. The lowest BCUT2D eigenvalue weighted by atomic mass is 10.1. The summed E-state index contributed by atoms with van der Waals surface area (Å²) in [6.07, 6.45) is 3.62. The molecule has 2 amide bonds. The van der Waals surface area contributed by atoms with E-state index < -0.39 is 6.03 Å². The summed E-state index contributed by atoms with van der Waals surface area (Å²) in [4.78, 5) is 14.3. The monoisotopic (exact) mass is 478 g/mol. The number of nitrogens with zero attached hydrogens (tertiary/aromatic N) is 2. The Morgan fingerprint density at radius 1 is 1.00 bits per heavy atom. The molecule has 158 valence electrons. The quantitative estimate of drug-likeness (QED) is 0.325. The number of urea groups is 1. The number of hydrogen-bond donors (Lipinski definition) is 3. The van der Waals surface area contributed by atoms with Crippen molar-refractivity contribution in [2.24, 2.45) is 5.10 Å². The van der Waals surface area contributed by atoms with E-state index in [1.807, 2.05) is 61.5 Å². The van der Waals surface area contributed by atoms with E-state index in [1.54, 1.807) is 42.5 Å². The Hall–Kier alpha value is -3.58. The van der Waals surface area contributed by atoms with Gasteiger partial charge >= 0.3 is 6.03 Å². The standard InChI is InChI=1S/C24H23BrN4O2/c1-29(2)20-14-7-17(8-15-20)9-16-22(21-5-3-4-6-23(21)30)27-28-24(31)26-19-12-10-18(25)11-13-19/h3-16,30H,1-2H3,(H2,26,28,31)/b16-9+,27-22+. The molecule has 6 nitrogen and oxygen atoms in total. The number of hydrogen-bond acceptors (Lipinski definition) is 4. The molecule has 31 heavy (non-hydrogen) atoms. The van der Waals surface area contributed by atoms with Gasteiger partial charge in [-0.1, -0.05) is 46.3 Å². The zero-order valence-electron chi connectivity index (χ0n) is 17.2. The summed E-state index contributed by atoms with van der Waals surface area (Å²) in [7, 11) is 3.97. The van der Waals surface area contributed by atoms with Crippen LogP contribution in [0.3, 0.4) is 0 Å². The van der Waals surface area contributed by atoms with Crippen LogP contribution >= 0.6 is 15.9 Å². The van der Waals surface area contributed by atoms with Crippen LogP contribution in [0.1, 0.15) is 11.1 Å². The van der Waals surface area contributed by atoms with Gasteiger partial charge in [-0.3, -0.25) is 0 Å². The van der Waals surface area contributed by atoms with E-state index in [-0.39, 0.29) is 5.75 Å². The van der Waals surface area contributed by atoms with Crippen molar-refractivity contribution in [1.82, 2.24) is 5.43 Å². The second kappa shape index (κ2) is 10.4. The molecule has 0 radical (unpaired) electrons. The number of rotatable bonds is 6. The lowest BCUT2D eigenvalue weighted by Gasteiger charge is -2.11. The van der Waals surface area contributed by atoms with E-state index in [0.29, 0.717) is 17.0 Å². The van der Waals surface area contributed by atoms with Crippen LogP contribution in [0.25, 0.3) is 6.08 Å². The fourth-order valence-corrected chi connectivity index (χ4v) is 3.00. The van der Waals surface area contributed by atoms with Crippen molar-refractivity contribution >= 4 is 45.1 Å². The highest BCUT2D eigenvalue weighted by Crippen LogP contribution is 2.19. The Kier molecular flexibility index (Phi) is 7.45. The number of amides is 2. The minimum absolute atomic E-state index is 0.0731. The number of phenolic OH excluding ortho intramolecular Hbond substituents is 1. The minimum atomic E-state index is -0.487. The van der Waals surface area contributed by atoms with Crippen LogP contribution in [0.4, 0.5) is 16.2 Å². The van der Waals surface area contributed by atoms with E-state index in [9.17, 15) is 9.90 Å². The SMILES string of the molecule is CN(C)c1ccc(/C=C/C(=N\NC(=O)Nc2ccc(Br)cc2)c2ccccc2O)cc1. The van der Waals surface area contributed by atoms with Crippen molar-refractivity contribution in [3.8, 4) is 5.75 Å². The molecule has 0 aliphatic heterocycles. The summed E-state index contributed by atoms with van der Waals surface area (Å²) in [6, 6.07) is 21.6. The van der Waals surface area contributed by atoms with Crippen LogP contribution in [0.15, 0.2) is 88.4 Å². The van der Waals surface area contributed by atoms with Gasteiger partial charge in [-0.25, -0.2) is 10.2 Å². The predicted molar refractivity (Wildman–Crippen MR) is 131 cm³/mol. The average molecular weight is 479 g/mol. The summed E-state index contributed by atoms with van der Waals surface area (Å²) >= 11 is 3.36. The number of benzene rings is 3. The number of para-hydroxylation sites is 1. The Balaban J connectivity index is 1.80. The number of carbonyl (C=O) groups excluding carboxylic acids is 1. The molecule has 0 aromatic heterocycles. The van der Waals surface area contributed by atoms with E-state index >= 15 is 0 Å². The molecule has 0 spiro atoms. The molecule has 0 aliphatic carbocycles. The number of phenols is 1. The molecular weight excluding hydrogens is 456 g/mol. The van der Waals surface area contributed by atoms with Crippen LogP contribution < -0.4 is 15.6 Å².